The molecule has 12 heteroatoms. The number of hydrogen-bond acceptors (Lipinski definition) is 11. The molecule has 12 nitrogen and oxygen atoms in total. The number of nitriles is 1. The van der Waals surface area contributed by atoms with E-state index >= 15 is 0 Å². The zero-order valence-electron chi connectivity index (χ0n) is 32.5. The fraction of sp³-hybridized carbons (Fsp3) is 0.488. The Bertz CT molecular complexity index is 2030. The van der Waals surface area contributed by atoms with Crippen molar-refractivity contribution >= 4 is 17.8 Å². The first-order valence-electron chi connectivity index (χ1n) is 19.3. The van der Waals surface area contributed by atoms with E-state index in [0.717, 1.165) is 52.6 Å². The number of unbranched alkanes of at least 4 members (excludes halogenated alkanes) is 2. The Kier molecular flexibility index (Phi) is 11.1. The summed E-state index contributed by atoms with van der Waals surface area (Å²) in [6, 6.07) is 12.5. The van der Waals surface area contributed by atoms with Crippen molar-refractivity contribution < 1.29 is 38.1 Å². The van der Waals surface area contributed by atoms with Crippen LogP contribution in [0.2, 0.25) is 0 Å². The van der Waals surface area contributed by atoms with Crippen molar-refractivity contribution in [1.29, 1.82) is 5.26 Å². The summed E-state index contributed by atoms with van der Waals surface area (Å²) >= 11 is 0. The van der Waals surface area contributed by atoms with E-state index in [1.807, 2.05) is 51.2 Å². The summed E-state index contributed by atoms with van der Waals surface area (Å²) in [5.41, 5.74) is 5.89. The molecule has 1 fully saturated rings. The van der Waals surface area contributed by atoms with Crippen molar-refractivity contribution in [2.75, 3.05) is 27.5 Å². The van der Waals surface area contributed by atoms with Crippen molar-refractivity contribution in [1.82, 2.24) is 15.1 Å². The van der Waals surface area contributed by atoms with E-state index in [9.17, 15) is 19.6 Å². The second-order valence-corrected chi connectivity index (χ2v) is 15.0. The Morgan fingerprint density at radius 2 is 1.73 bits per heavy atom. The van der Waals surface area contributed by atoms with E-state index in [2.05, 4.69) is 34.2 Å². The number of piperazine rings is 1. The molecule has 2 bridgehead atoms. The van der Waals surface area contributed by atoms with Crippen LogP contribution in [0.5, 0.6) is 28.7 Å². The van der Waals surface area contributed by atoms with Crippen molar-refractivity contribution in [3.05, 3.63) is 75.3 Å². The van der Waals surface area contributed by atoms with Gasteiger partial charge >= 0.3 is 11.9 Å². The van der Waals surface area contributed by atoms with Crippen LogP contribution >= 0.6 is 0 Å². The summed E-state index contributed by atoms with van der Waals surface area (Å²) in [7, 11) is 3.61. The first-order valence-corrected chi connectivity index (χ1v) is 19.3. The highest BCUT2D eigenvalue weighted by atomic mass is 16.7. The number of benzene rings is 3. The van der Waals surface area contributed by atoms with Crippen LogP contribution in [0.4, 0.5) is 0 Å². The van der Waals surface area contributed by atoms with Gasteiger partial charge in [-0.05, 0) is 63.3 Å². The molecule has 3 aromatic carbocycles. The standard InChI is InChI=1S/C43H50N4O8/c1-7-8-10-15-35(50)55-43-36-28(18-24(2)39(43)51-6)19-30-32(21-44)47-31(38(36)46(30)5)20-29-37(42-41(52-23-53-42)25(3)40(29)54-26(4)48)33(47)22-45-34(49)17-16-27-13-11-9-12-14-27/h9,11-14,18,30-33,38H,7-8,10,15-17,19-20,22-23H2,1-6H3,(H,45,49)/t30-,31?,32-,33-,38-/m0/s1. The van der Waals surface area contributed by atoms with E-state index in [0.29, 0.717) is 53.6 Å². The molecule has 1 amide bonds. The zero-order valence-corrected chi connectivity index (χ0v) is 32.5. The van der Waals surface area contributed by atoms with Gasteiger partial charge < -0.3 is 29.0 Å². The number of carbonyl (C=O) groups excluding carboxylic acids is 3. The van der Waals surface area contributed by atoms with Gasteiger partial charge in [-0.15, -0.1) is 0 Å². The van der Waals surface area contributed by atoms with Crippen LogP contribution in [-0.2, 0) is 33.6 Å². The molecule has 4 heterocycles. The van der Waals surface area contributed by atoms with Gasteiger partial charge in [0.15, 0.2) is 23.0 Å². The van der Waals surface area contributed by atoms with Crippen LogP contribution in [-0.4, -0.2) is 73.3 Å². The number of rotatable bonds is 12. The summed E-state index contributed by atoms with van der Waals surface area (Å²) in [6.07, 6.45) is 4.67. The molecule has 0 saturated carbocycles. The summed E-state index contributed by atoms with van der Waals surface area (Å²) in [4.78, 5) is 44.1. The van der Waals surface area contributed by atoms with E-state index in [-0.39, 0.29) is 56.2 Å². The minimum Gasteiger partial charge on any atom is -0.493 e. The quantitative estimate of drug-likeness (QED) is 0.133. The SMILES string of the molecule is CCCCCC(=O)Oc1c(OC)c(C)cc2c1[C@@H]1C3Cc4c(OC(C)=O)c(C)c5c(c4[C@H](CNC(=O)CCc4ccccc4)N3[C@@H](C#N)[C@H](C2)N1C)OCO5. The summed E-state index contributed by atoms with van der Waals surface area (Å²) in [6.45, 7) is 7.41. The lowest BCUT2D eigenvalue weighted by Crippen LogP contribution is -2.68. The number of aryl methyl sites for hydroxylation is 2. The van der Waals surface area contributed by atoms with Gasteiger partial charge in [-0.2, -0.15) is 5.26 Å². The molecular weight excluding hydrogens is 700 g/mol. The minimum absolute atomic E-state index is 0.0130. The average Bonchev–Trinajstić information content (AvgIpc) is 3.66. The van der Waals surface area contributed by atoms with Gasteiger partial charge in [0.2, 0.25) is 12.7 Å². The molecule has 4 aliphatic heterocycles. The van der Waals surface area contributed by atoms with Crippen LogP contribution in [0.15, 0.2) is 36.4 Å². The number of nitrogens with zero attached hydrogens (tertiary/aromatic N) is 3. The number of carbonyl (C=O) groups is 3. The van der Waals surface area contributed by atoms with Crippen molar-refractivity contribution in [3.8, 4) is 34.8 Å². The van der Waals surface area contributed by atoms with E-state index in [1.165, 1.54) is 6.92 Å². The van der Waals surface area contributed by atoms with Gasteiger partial charge in [0.1, 0.15) is 11.8 Å². The molecule has 1 saturated heterocycles. The molecule has 0 radical (unpaired) electrons. The van der Waals surface area contributed by atoms with Crippen LogP contribution in [0.25, 0.3) is 0 Å². The fourth-order valence-corrected chi connectivity index (χ4v) is 9.27. The third kappa shape index (κ3) is 7.00. The number of ether oxygens (including phenoxy) is 5. The highest BCUT2D eigenvalue weighted by molar-refractivity contribution is 5.77. The molecule has 290 valence electrons. The number of esters is 2. The maximum atomic E-state index is 13.5. The average molecular weight is 751 g/mol. The maximum Gasteiger partial charge on any atom is 0.311 e. The molecule has 0 aromatic heterocycles. The predicted octanol–water partition coefficient (Wildman–Crippen LogP) is 5.97. The van der Waals surface area contributed by atoms with Gasteiger partial charge in [0.25, 0.3) is 0 Å². The maximum absolute atomic E-state index is 13.5. The topological polar surface area (TPSA) is 140 Å². The molecule has 0 spiro atoms. The summed E-state index contributed by atoms with van der Waals surface area (Å²) < 4.78 is 30.4. The predicted molar refractivity (Wildman–Crippen MR) is 203 cm³/mol. The number of hydrogen-bond donors (Lipinski definition) is 1. The van der Waals surface area contributed by atoms with E-state index in [1.54, 1.807) is 7.11 Å². The van der Waals surface area contributed by atoms with Crippen molar-refractivity contribution in [2.45, 2.75) is 109 Å². The Labute approximate surface area is 322 Å². The summed E-state index contributed by atoms with van der Waals surface area (Å²) in [5.74, 6) is 1.39. The monoisotopic (exact) mass is 750 g/mol. The van der Waals surface area contributed by atoms with Crippen LogP contribution in [0.1, 0.15) is 97.0 Å². The molecular formula is C43H50N4O8. The van der Waals surface area contributed by atoms with Crippen molar-refractivity contribution in [2.24, 2.45) is 0 Å². The highest BCUT2D eigenvalue weighted by Gasteiger charge is 2.57. The molecule has 5 atom stereocenters. The van der Waals surface area contributed by atoms with Crippen LogP contribution in [0.3, 0.4) is 0 Å². The molecule has 3 aromatic rings. The Morgan fingerprint density at radius 1 is 0.964 bits per heavy atom. The summed E-state index contributed by atoms with van der Waals surface area (Å²) in [5, 5.41) is 14.3. The lowest BCUT2D eigenvalue weighted by Gasteiger charge is -2.60. The third-order valence-corrected chi connectivity index (χ3v) is 11.7. The number of amides is 1. The largest absolute Gasteiger partial charge is 0.493 e. The van der Waals surface area contributed by atoms with Gasteiger partial charge in [0, 0.05) is 60.6 Å². The second kappa shape index (κ2) is 15.9. The Morgan fingerprint density at radius 3 is 2.44 bits per heavy atom. The molecule has 4 aliphatic rings. The lowest BCUT2D eigenvalue weighted by atomic mass is 9.71. The molecule has 1 unspecified atom stereocenters. The Balaban J connectivity index is 1.37. The van der Waals surface area contributed by atoms with Gasteiger partial charge in [0.05, 0.1) is 25.3 Å². The minimum atomic E-state index is -0.599. The molecule has 55 heavy (non-hydrogen) atoms. The van der Waals surface area contributed by atoms with E-state index < -0.39 is 18.1 Å². The molecule has 0 aliphatic carbocycles. The van der Waals surface area contributed by atoms with Crippen molar-refractivity contribution in [3.63, 3.8) is 0 Å². The highest BCUT2D eigenvalue weighted by Crippen LogP contribution is 2.58. The third-order valence-electron chi connectivity index (χ3n) is 11.7. The fourth-order valence-electron chi connectivity index (χ4n) is 9.27. The number of fused-ring (bicyclic) bond motifs is 9. The van der Waals surface area contributed by atoms with Gasteiger partial charge in [-0.3, -0.25) is 24.2 Å². The zero-order chi connectivity index (χ0) is 39.0. The van der Waals surface area contributed by atoms with Crippen LogP contribution in [0, 0.1) is 25.2 Å². The molecule has 1 N–H and O–H groups in total. The Hall–Kier alpha value is -5.12. The first kappa shape index (κ1) is 38.2. The number of nitrogens with one attached hydrogen (secondary N) is 1. The van der Waals surface area contributed by atoms with E-state index in [4.69, 9.17) is 23.7 Å². The van der Waals surface area contributed by atoms with Gasteiger partial charge in [-0.1, -0.05) is 56.2 Å². The lowest BCUT2D eigenvalue weighted by molar-refractivity contribution is -0.135. The van der Waals surface area contributed by atoms with Crippen LogP contribution < -0.4 is 29.0 Å². The number of likely N-dealkylation sites (N-methyl/N-ethyl adjacent to an activating group) is 1. The van der Waals surface area contributed by atoms with Gasteiger partial charge in [-0.25, -0.2) is 0 Å². The smallest absolute Gasteiger partial charge is 0.311 e. The molecule has 7 rings (SSSR count). The number of methoxy groups -OCH3 is 1. The first-order chi connectivity index (χ1) is 26.6. The second-order valence-electron chi connectivity index (χ2n) is 15.0. The normalized spacial score (nSPS) is 22.1.